The average Bonchev–Trinajstić information content (AvgIpc) is 2.98. The highest BCUT2D eigenvalue weighted by atomic mass is 16.3. The Bertz CT molecular complexity index is 600. The van der Waals surface area contributed by atoms with Crippen molar-refractivity contribution in [3.8, 4) is 0 Å². The molecule has 0 bridgehead atoms. The van der Waals surface area contributed by atoms with Crippen molar-refractivity contribution in [2.24, 2.45) is 46.3 Å². The SMILES string of the molecule is CC(CCC=O)[C@H]1CC[C@H]2[C@@H]3C(=O)C[C@@H]4C[C@H](O)CC[C@]4(C)[C@H]3CC[C@]12C. The molecular formula is C24H38O3. The number of fused-ring (bicyclic) bond motifs is 5. The Morgan fingerprint density at radius 2 is 1.81 bits per heavy atom. The first-order valence-corrected chi connectivity index (χ1v) is 11.5. The topological polar surface area (TPSA) is 54.4 Å². The molecule has 4 rings (SSSR count). The van der Waals surface area contributed by atoms with Gasteiger partial charge in [-0.3, -0.25) is 4.79 Å². The molecule has 0 radical (unpaired) electrons. The van der Waals surface area contributed by atoms with E-state index in [1.807, 2.05) is 0 Å². The van der Waals surface area contributed by atoms with Gasteiger partial charge in [-0.05, 0) is 91.8 Å². The summed E-state index contributed by atoms with van der Waals surface area (Å²) < 4.78 is 0. The summed E-state index contributed by atoms with van der Waals surface area (Å²) in [5, 5.41) is 10.2. The monoisotopic (exact) mass is 374 g/mol. The Morgan fingerprint density at radius 3 is 2.56 bits per heavy atom. The number of Topliss-reactive ketones (excluding diaryl/α,β-unsaturated/α-hetero) is 1. The highest BCUT2D eigenvalue weighted by Gasteiger charge is 2.62. The van der Waals surface area contributed by atoms with E-state index in [2.05, 4.69) is 20.8 Å². The van der Waals surface area contributed by atoms with Crippen LogP contribution >= 0.6 is 0 Å². The van der Waals surface area contributed by atoms with Gasteiger partial charge in [0.25, 0.3) is 0 Å². The van der Waals surface area contributed by atoms with Crippen molar-refractivity contribution in [2.45, 2.75) is 91.1 Å². The minimum atomic E-state index is -0.198. The highest BCUT2D eigenvalue weighted by molar-refractivity contribution is 5.83. The lowest BCUT2D eigenvalue weighted by molar-refractivity contribution is -0.160. The van der Waals surface area contributed by atoms with Crippen LogP contribution in [-0.4, -0.2) is 23.3 Å². The fourth-order valence-corrected chi connectivity index (χ4v) is 8.42. The number of aliphatic hydroxyl groups excluding tert-OH is 1. The largest absolute Gasteiger partial charge is 0.393 e. The first-order chi connectivity index (χ1) is 12.8. The van der Waals surface area contributed by atoms with Crippen LogP contribution in [0.1, 0.15) is 85.0 Å². The fourth-order valence-electron chi connectivity index (χ4n) is 8.42. The maximum atomic E-state index is 13.3. The average molecular weight is 375 g/mol. The van der Waals surface area contributed by atoms with Crippen LogP contribution in [0, 0.1) is 46.3 Å². The molecule has 0 spiro atoms. The van der Waals surface area contributed by atoms with Gasteiger partial charge in [0.05, 0.1) is 6.10 Å². The number of hydrogen-bond acceptors (Lipinski definition) is 3. The van der Waals surface area contributed by atoms with Crippen molar-refractivity contribution in [3.63, 3.8) is 0 Å². The third-order valence-electron chi connectivity index (χ3n) is 9.94. The van der Waals surface area contributed by atoms with Crippen molar-refractivity contribution >= 4 is 12.1 Å². The highest BCUT2D eigenvalue weighted by Crippen LogP contribution is 2.67. The lowest BCUT2D eigenvalue weighted by Gasteiger charge is -2.60. The van der Waals surface area contributed by atoms with E-state index in [0.29, 0.717) is 48.2 Å². The van der Waals surface area contributed by atoms with E-state index < -0.39 is 0 Å². The molecule has 3 heteroatoms. The van der Waals surface area contributed by atoms with Gasteiger partial charge in [-0.25, -0.2) is 0 Å². The van der Waals surface area contributed by atoms with Gasteiger partial charge in [-0.15, -0.1) is 0 Å². The normalized spacial score (nSPS) is 50.4. The second-order valence-electron chi connectivity index (χ2n) is 11.0. The van der Waals surface area contributed by atoms with E-state index in [4.69, 9.17) is 0 Å². The van der Waals surface area contributed by atoms with E-state index >= 15 is 0 Å². The molecule has 0 heterocycles. The van der Waals surface area contributed by atoms with Crippen LogP contribution in [0.15, 0.2) is 0 Å². The number of hydrogen-bond donors (Lipinski definition) is 1. The molecule has 4 fully saturated rings. The number of carbonyl (C=O) groups is 2. The summed E-state index contributed by atoms with van der Waals surface area (Å²) in [4.78, 5) is 24.2. The molecular weight excluding hydrogens is 336 g/mol. The van der Waals surface area contributed by atoms with E-state index in [0.717, 1.165) is 32.0 Å². The third kappa shape index (κ3) is 2.94. The molecule has 1 unspecified atom stereocenters. The number of rotatable bonds is 4. The molecule has 0 aromatic heterocycles. The zero-order valence-corrected chi connectivity index (χ0v) is 17.5. The van der Waals surface area contributed by atoms with Crippen molar-refractivity contribution in [1.82, 2.24) is 0 Å². The van der Waals surface area contributed by atoms with Gasteiger partial charge in [0.15, 0.2) is 0 Å². The Balaban J connectivity index is 1.59. The zero-order valence-electron chi connectivity index (χ0n) is 17.5. The lowest BCUT2D eigenvalue weighted by Crippen LogP contribution is -2.57. The predicted octanol–water partition coefficient (Wildman–Crippen LogP) is 4.80. The van der Waals surface area contributed by atoms with Crippen LogP contribution in [0.25, 0.3) is 0 Å². The number of aldehydes is 1. The molecule has 0 aromatic rings. The van der Waals surface area contributed by atoms with Crippen molar-refractivity contribution in [2.75, 3.05) is 0 Å². The molecule has 0 aromatic carbocycles. The summed E-state index contributed by atoms with van der Waals surface area (Å²) in [7, 11) is 0. The summed E-state index contributed by atoms with van der Waals surface area (Å²) in [6.07, 6.45) is 10.9. The van der Waals surface area contributed by atoms with Crippen LogP contribution in [-0.2, 0) is 9.59 Å². The molecule has 27 heavy (non-hydrogen) atoms. The summed E-state index contributed by atoms with van der Waals surface area (Å²) in [6, 6.07) is 0. The molecule has 1 N–H and O–H groups in total. The Labute approximate surface area is 164 Å². The molecule has 0 saturated heterocycles. The lowest BCUT2D eigenvalue weighted by atomic mass is 9.44. The summed E-state index contributed by atoms with van der Waals surface area (Å²) >= 11 is 0. The van der Waals surface area contributed by atoms with Crippen LogP contribution < -0.4 is 0 Å². The van der Waals surface area contributed by atoms with Crippen molar-refractivity contribution in [1.29, 1.82) is 0 Å². The molecule has 0 amide bonds. The predicted molar refractivity (Wildman–Crippen MR) is 106 cm³/mol. The Morgan fingerprint density at radius 1 is 1.11 bits per heavy atom. The van der Waals surface area contributed by atoms with Gasteiger partial charge in [0.1, 0.15) is 12.1 Å². The van der Waals surface area contributed by atoms with Crippen LogP contribution in [0.5, 0.6) is 0 Å². The summed E-state index contributed by atoms with van der Waals surface area (Å²) in [5.74, 6) is 3.46. The smallest absolute Gasteiger partial charge is 0.136 e. The van der Waals surface area contributed by atoms with E-state index in [1.165, 1.54) is 25.7 Å². The van der Waals surface area contributed by atoms with Gasteiger partial charge in [-0.1, -0.05) is 20.8 Å². The van der Waals surface area contributed by atoms with Gasteiger partial charge in [0, 0.05) is 18.8 Å². The van der Waals surface area contributed by atoms with Crippen LogP contribution in [0.2, 0.25) is 0 Å². The molecule has 4 aliphatic rings. The van der Waals surface area contributed by atoms with Crippen LogP contribution in [0.3, 0.4) is 0 Å². The summed E-state index contributed by atoms with van der Waals surface area (Å²) in [6.45, 7) is 7.24. The summed E-state index contributed by atoms with van der Waals surface area (Å²) in [5.41, 5.74) is 0.525. The molecule has 4 aliphatic carbocycles. The van der Waals surface area contributed by atoms with Gasteiger partial charge >= 0.3 is 0 Å². The van der Waals surface area contributed by atoms with Gasteiger partial charge in [0.2, 0.25) is 0 Å². The maximum absolute atomic E-state index is 13.3. The molecule has 152 valence electrons. The zero-order chi connectivity index (χ0) is 19.4. The van der Waals surface area contributed by atoms with Gasteiger partial charge in [-0.2, -0.15) is 0 Å². The molecule has 9 atom stereocenters. The van der Waals surface area contributed by atoms with E-state index in [1.54, 1.807) is 0 Å². The number of aliphatic hydroxyl groups is 1. The first-order valence-electron chi connectivity index (χ1n) is 11.5. The minimum Gasteiger partial charge on any atom is -0.393 e. The van der Waals surface area contributed by atoms with Crippen molar-refractivity contribution in [3.05, 3.63) is 0 Å². The molecule has 3 nitrogen and oxygen atoms in total. The van der Waals surface area contributed by atoms with Crippen molar-refractivity contribution < 1.29 is 14.7 Å². The standard InChI is InChI=1S/C24H38O3/c1-15(5-4-12-25)18-6-7-19-22-20(9-11-24(18,19)3)23(2)10-8-17(26)13-16(23)14-21(22)27/h12,15-20,22,26H,4-11,13-14H2,1-3H3/t15?,16-,17+,18+,19-,20-,22-,23-,24+/m0/s1. The van der Waals surface area contributed by atoms with Crippen LogP contribution in [0.4, 0.5) is 0 Å². The Hall–Kier alpha value is -0.700. The third-order valence-corrected chi connectivity index (χ3v) is 9.94. The van der Waals surface area contributed by atoms with E-state index in [-0.39, 0.29) is 22.9 Å². The second kappa shape index (κ2) is 6.97. The fraction of sp³-hybridized carbons (Fsp3) is 0.917. The van der Waals surface area contributed by atoms with Gasteiger partial charge < -0.3 is 9.90 Å². The van der Waals surface area contributed by atoms with E-state index in [9.17, 15) is 14.7 Å². The quantitative estimate of drug-likeness (QED) is 0.719. The Kier molecular flexibility index (Phi) is 5.06. The number of carbonyl (C=O) groups excluding carboxylic acids is 2. The molecule has 0 aliphatic heterocycles. The first kappa shape index (κ1) is 19.6. The minimum absolute atomic E-state index is 0.198. The number of ketones is 1. The molecule has 4 saturated carbocycles. The maximum Gasteiger partial charge on any atom is 0.136 e. The second-order valence-corrected chi connectivity index (χ2v) is 11.0.